The zero-order valence-corrected chi connectivity index (χ0v) is 34.4. The summed E-state index contributed by atoms with van der Waals surface area (Å²) >= 11 is -2.42. The van der Waals surface area contributed by atoms with Gasteiger partial charge in [-0.25, -0.2) is 0 Å². The van der Waals surface area contributed by atoms with Crippen LogP contribution in [0.5, 0.6) is 0 Å². The van der Waals surface area contributed by atoms with E-state index in [1.54, 1.807) is 16.7 Å². The maximum Gasteiger partial charge on any atom is -0.147 e. The number of rotatable bonds is 6. The van der Waals surface area contributed by atoms with Crippen LogP contribution in [0.1, 0.15) is 76.6 Å². The van der Waals surface area contributed by atoms with Gasteiger partial charge < -0.3 is 0 Å². The maximum atomic E-state index is 6.52. The first kappa shape index (κ1) is 36.6. The molecule has 2 aliphatic carbocycles. The van der Waals surface area contributed by atoms with E-state index in [2.05, 4.69) is 152 Å². The molecule has 1 nitrogen and oxygen atoms in total. The average Bonchev–Trinajstić information content (AvgIpc) is 3.75. The van der Waals surface area contributed by atoms with Gasteiger partial charge >= 0.3 is 285 Å². The van der Waals surface area contributed by atoms with Crippen LogP contribution in [0.3, 0.4) is 0 Å². The molecule has 2 aliphatic rings. The van der Waals surface area contributed by atoms with Crippen LogP contribution in [0, 0.1) is 34.6 Å². The molecule has 0 bridgehead atoms. The van der Waals surface area contributed by atoms with Crippen molar-refractivity contribution in [3.63, 3.8) is 0 Å². The monoisotopic (exact) mass is 766 g/mol. The number of hydrogen-bond donors (Lipinski definition) is 0. The first-order valence-corrected chi connectivity index (χ1v) is 25.8. The van der Waals surface area contributed by atoms with Crippen molar-refractivity contribution in [3.05, 3.63) is 147 Å². The molecule has 48 heavy (non-hydrogen) atoms. The van der Waals surface area contributed by atoms with Crippen LogP contribution in [0.2, 0.25) is 13.1 Å². The molecular formula is C43H46Cl2OSiZr. The number of furan rings is 1. The van der Waals surface area contributed by atoms with Gasteiger partial charge in [-0.1, -0.05) is 0 Å². The second-order valence-electron chi connectivity index (χ2n) is 13.5. The summed E-state index contributed by atoms with van der Waals surface area (Å²) in [6.45, 7) is 19.0. The molecule has 5 heteroatoms. The van der Waals surface area contributed by atoms with Crippen molar-refractivity contribution in [2.45, 2.75) is 68.3 Å². The van der Waals surface area contributed by atoms with E-state index in [-0.39, 0.29) is 24.8 Å². The second kappa shape index (κ2) is 14.7. The third-order valence-corrected chi connectivity index (χ3v) is 29.9. The summed E-state index contributed by atoms with van der Waals surface area (Å²) < 4.78 is 7.53. The summed E-state index contributed by atoms with van der Waals surface area (Å²) in [4.78, 5) is 0. The third-order valence-electron chi connectivity index (χ3n) is 10.5. The van der Waals surface area contributed by atoms with Gasteiger partial charge in [-0.2, -0.15) is 0 Å². The van der Waals surface area contributed by atoms with E-state index in [4.69, 9.17) is 4.42 Å². The molecule has 0 fully saturated rings. The van der Waals surface area contributed by atoms with E-state index in [1.165, 1.54) is 61.2 Å². The summed E-state index contributed by atoms with van der Waals surface area (Å²) in [5.41, 5.74) is 19.7. The van der Waals surface area contributed by atoms with Crippen LogP contribution in [0.4, 0.5) is 0 Å². The average molecular weight is 769 g/mol. The normalized spacial score (nSPS) is 15.9. The largest absolute Gasteiger partial charge is 0.147 e. The van der Waals surface area contributed by atoms with Gasteiger partial charge in [-0.3, -0.25) is 0 Å². The Balaban J connectivity index is 0.00000225. The van der Waals surface area contributed by atoms with Gasteiger partial charge in [0.25, 0.3) is 0 Å². The molecule has 1 aromatic heterocycles. The van der Waals surface area contributed by atoms with Gasteiger partial charge in [0, 0.05) is 0 Å². The second-order valence-corrected chi connectivity index (χ2v) is 31.4. The fourth-order valence-corrected chi connectivity index (χ4v) is 28.3. The van der Waals surface area contributed by atoms with Crippen LogP contribution < -0.4 is 0 Å². The summed E-state index contributed by atoms with van der Waals surface area (Å²) in [6.07, 6.45) is 6.26. The smallest absolute Gasteiger partial charge is 0.147 e. The Morgan fingerprint density at radius 3 is 1.60 bits per heavy atom. The van der Waals surface area contributed by atoms with Gasteiger partial charge in [0.2, 0.25) is 0 Å². The van der Waals surface area contributed by atoms with E-state index in [0.717, 1.165) is 17.9 Å². The molecule has 2 unspecified atom stereocenters. The molecule has 246 valence electrons. The van der Waals surface area contributed by atoms with Crippen LogP contribution in [0.25, 0.3) is 40.0 Å². The Kier molecular flexibility index (Phi) is 11.2. The minimum absolute atomic E-state index is 0. The Labute approximate surface area is 307 Å². The molecule has 0 spiro atoms. The van der Waals surface area contributed by atoms with E-state index >= 15 is 0 Å². The van der Waals surface area contributed by atoms with Crippen molar-refractivity contribution in [1.29, 1.82) is 0 Å². The predicted octanol–water partition coefficient (Wildman–Crippen LogP) is 13.0. The molecule has 0 saturated heterocycles. The van der Waals surface area contributed by atoms with Crippen LogP contribution in [-0.4, -0.2) is 5.43 Å². The summed E-state index contributed by atoms with van der Waals surface area (Å²) in [7, 11) is 0. The SMILES string of the molecule is CCC1=Cc2c(cc(C)c(C)c2-c2ccccc2)[CH]1[Zr]([CH]1C(c2ccc(C)o2)=Cc2c1cc(C)c(C)c2-c1ccccc1)=[Si](C)C.Cl.Cl. The zero-order chi connectivity index (χ0) is 32.3. The number of benzene rings is 4. The Morgan fingerprint density at radius 2 is 1.15 bits per heavy atom. The van der Waals surface area contributed by atoms with Crippen LogP contribution in [0.15, 0.2) is 94.9 Å². The van der Waals surface area contributed by atoms with Gasteiger partial charge in [0.15, 0.2) is 0 Å². The van der Waals surface area contributed by atoms with Crippen molar-refractivity contribution >= 4 is 48.0 Å². The Bertz CT molecular complexity index is 2100. The summed E-state index contributed by atoms with van der Waals surface area (Å²) in [6, 6.07) is 31.7. The maximum absolute atomic E-state index is 6.52. The molecule has 0 aliphatic heterocycles. The van der Waals surface area contributed by atoms with Gasteiger partial charge in [-0.05, 0) is 0 Å². The molecule has 4 aromatic carbocycles. The molecule has 1 heterocycles. The predicted molar refractivity (Wildman–Crippen MR) is 210 cm³/mol. The topological polar surface area (TPSA) is 13.1 Å². The van der Waals surface area contributed by atoms with E-state index in [0.29, 0.717) is 7.25 Å². The van der Waals surface area contributed by atoms with Gasteiger partial charge in [0.05, 0.1) is 0 Å². The molecule has 2 atom stereocenters. The summed E-state index contributed by atoms with van der Waals surface area (Å²) in [5.74, 6) is 2.06. The van der Waals surface area contributed by atoms with Crippen molar-refractivity contribution in [2.24, 2.45) is 0 Å². The van der Waals surface area contributed by atoms with Crippen LogP contribution >= 0.6 is 24.8 Å². The fraction of sp³-hybridized carbons (Fsp3) is 0.256. The summed E-state index contributed by atoms with van der Waals surface area (Å²) in [5, 5.41) is 0. The van der Waals surface area contributed by atoms with E-state index < -0.39 is 25.8 Å². The van der Waals surface area contributed by atoms with E-state index in [9.17, 15) is 0 Å². The van der Waals surface area contributed by atoms with Gasteiger partial charge in [-0.15, -0.1) is 24.8 Å². The number of aryl methyl sites for hydroxylation is 3. The number of allylic oxidation sites excluding steroid dienone is 2. The zero-order valence-electron chi connectivity index (χ0n) is 29.3. The fourth-order valence-electron chi connectivity index (χ4n) is 8.10. The number of hydrogen-bond acceptors (Lipinski definition) is 1. The minimum Gasteiger partial charge on any atom is -0.147 e. The van der Waals surface area contributed by atoms with E-state index in [1.807, 2.05) is 0 Å². The first-order chi connectivity index (χ1) is 22.2. The molecule has 7 rings (SSSR count). The number of halogens is 2. The minimum atomic E-state index is -2.42. The Morgan fingerprint density at radius 1 is 0.646 bits per heavy atom. The molecule has 0 radical (unpaired) electrons. The van der Waals surface area contributed by atoms with Crippen molar-refractivity contribution in [2.75, 3.05) is 0 Å². The molecule has 0 N–H and O–H groups in total. The molecular weight excluding hydrogens is 723 g/mol. The first-order valence-electron chi connectivity index (χ1n) is 16.7. The molecule has 5 aromatic rings. The molecule has 0 saturated carbocycles. The van der Waals surface area contributed by atoms with Crippen LogP contribution in [-0.2, 0) is 20.4 Å². The Hall–Kier alpha value is -2.68. The third kappa shape index (κ3) is 6.15. The molecule has 0 amide bonds. The van der Waals surface area contributed by atoms with Crippen molar-refractivity contribution < 1.29 is 24.8 Å². The number of fused-ring (bicyclic) bond motifs is 2. The van der Waals surface area contributed by atoms with Crippen molar-refractivity contribution in [3.8, 4) is 22.3 Å². The van der Waals surface area contributed by atoms with Gasteiger partial charge in [0.1, 0.15) is 0 Å². The standard InChI is InChI=1S/C22H19O.C19H19.C2H6Si.2ClH.Zr/c1-14-11-18-12-19(21-10-9-15(2)23-21)13-20(18)22(16(14)3)17-7-5-4-6-8-17;1-4-15-11-17-10-13(2)14(3)19(18(17)12-15)16-8-6-5-7-9-16;1-3-2;;;/h4-13H,1-3H3;5-12H,4H2,1-3H3;1-2H3;2*1H;. The van der Waals surface area contributed by atoms with Crippen molar-refractivity contribution in [1.82, 2.24) is 0 Å². The quantitative estimate of drug-likeness (QED) is 0.157.